The number of aryl methyl sites for hydroxylation is 1. The minimum atomic E-state index is 0.257. The van der Waals surface area contributed by atoms with Gasteiger partial charge in [0.2, 0.25) is 0 Å². The van der Waals surface area contributed by atoms with E-state index in [0.717, 1.165) is 63.2 Å². The van der Waals surface area contributed by atoms with Gasteiger partial charge in [-0.2, -0.15) is 0 Å². The van der Waals surface area contributed by atoms with Gasteiger partial charge in [0, 0.05) is 26.7 Å². The zero-order chi connectivity index (χ0) is 21.5. The van der Waals surface area contributed by atoms with Crippen LogP contribution in [0.5, 0.6) is 0 Å². The molecule has 2 unspecified atom stereocenters. The summed E-state index contributed by atoms with van der Waals surface area (Å²) < 4.78 is 7.77. The third-order valence-electron chi connectivity index (χ3n) is 6.31. The van der Waals surface area contributed by atoms with Crippen LogP contribution >= 0.6 is 0 Å². The van der Waals surface area contributed by atoms with Crippen LogP contribution in [0.15, 0.2) is 35.3 Å². The second kappa shape index (κ2) is 10.7. The van der Waals surface area contributed by atoms with Gasteiger partial charge in [0.25, 0.3) is 0 Å². The van der Waals surface area contributed by atoms with Crippen molar-refractivity contribution in [3.63, 3.8) is 0 Å². The van der Waals surface area contributed by atoms with Gasteiger partial charge in [-0.1, -0.05) is 30.3 Å². The molecule has 2 N–H and O–H groups in total. The monoisotopic (exact) mass is 425 g/mol. The van der Waals surface area contributed by atoms with Gasteiger partial charge in [-0.15, -0.1) is 10.2 Å². The number of ether oxygens (including phenoxy) is 1. The van der Waals surface area contributed by atoms with E-state index >= 15 is 0 Å². The van der Waals surface area contributed by atoms with Gasteiger partial charge >= 0.3 is 0 Å². The quantitative estimate of drug-likeness (QED) is 0.499. The van der Waals surface area contributed by atoms with Crippen molar-refractivity contribution in [3.05, 3.63) is 47.5 Å². The minimum absolute atomic E-state index is 0.257. The molecule has 0 saturated carbocycles. The maximum Gasteiger partial charge on any atom is 0.191 e. The Labute approximate surface area is 185 Å². The molecule has 0 bridgehead atoms. The van der Waals surface area contributed by atoms with Crippen LogP contribution in [0, 0.1) is 6.92 Å². The van der Waals surface area contributed by atoms with Crippen LogP contribution in [-0.4, -0.2) is 64.5 Å². The Morgan fingerprint density at radius 2 is 1.97 bits per heavy atom. The molecule has 2 aromatic rings. The molecule has 0 spiro atoms. The molecule has 0 radical (unpaired) electrons. The molecule has 1 aromatic heterocycles. The standard InChI is InChI=1S/C23H35N7O/c1-18-27-28-22(29(18)2)17-26-23(24-15-20-11-8-14-31-20)25-16-21(30-12-6-7-13-30)19-9-4-3-5-10-19/h3-5,9-10,20-21H,6-8,11-17H2,1-2H3,(H2,24,25,26). The lowest BCUT2D eigenvalue weighted by atomic mass is 10.1. The summed E-state index contributed by atoms with van der Waals surface area (Å²) in [5.41, 5.74) is 1.35. The highest BCUT2D eigenvalue weighted by Crippen LogP contribution is 2.24. The number of rotatable bonds is 8. The zero-order valence-electron chi connectivity index (χ0n) is 18.8. The lowest BCUT2D eigenvalue weighted by molar-refractivity contribution is 0.113. The van der Waals surface area contributed by atoms with Crippen LogP contribution in [0.1, 0.15) is 48.9 Å². The summed E-state index contributed by atoms with van der Waals surface area (Å²) in [5, 5.41) is 15.5. The van der Waals surface area contributed by atoms with Crippen molar-refractivity contribution in [2.24, 2.45) is 12.0 Å². The Balaban J connectivity index is 1.45. The second-order valence-corrected chi connectivity index (χ2v) is 8.45. The number of likely N-dealkylation sites (tertiary alicyclic amines) is 1. The normalized spacial score (nSPS) is 20.8. The number of benzene rings is 1. The van der Waals surface area contributed by atoms with E-state index in [-0.39, 0.29) is 6.10 Å². The largest absolute Gasteiger partial charge is 0.376 e. The van der Waals surface area contributed by atoms with E-state index in [2.05, 4.69) is 56.1 Å². The van der Waals surface area contributed by atoms with Gasteiger partial charge in [-0.05, 0) is 51.3 Å². The first-order valence-corrected chi connectivity index (χ1v) is 11.5. The van der Waals surface area contributed by atoms with Crippen molar-refractivity contribution in [1.29, 1.82) is 0 Å². The van der Waals surface area contributed by atoms with Crippen molar-refractivity contribution >= 4 is 5.96 Å². The molecule has 168 valence electrons. The van der Waals surface area contributed by atoms with E-state index in [9.17, 15) is 0 Å². The van der Waals surface area contributed by atoms with E-state index in [1.807, 2.05) is 18.5 Å². The van der Waals surface area contributed by atoms with Gasteiger partial charge in [-0.3, -0.25) is 4.90 Å². The molecule has 1 aromatic carbocycles. The van der Waals surface area contributed by atoms with Crippen molar-refractivity contribution in [3.8, 4) is 0 Å². The third kappa shape index (κ3) is 5.83. The topological polar surface area (TPSA) is 79.6 Å². The highest BCUT2D eigenvalue weighted by Gasteiger charge is 2.24. The van der Waals surface area contributed by atoms with Gasteiger partial charge in [0.05, 0.1) is 12.1 Å². The number of aromatic nitrogens is 3. The third-order valence-corrected chi connectivity index (χ3v) is 6.31. The van der Waals surface area contributed by atoms with E-state index in [0.29, 0.717) is 12.6 Å². The molecule has 3 heterocycles. The number of hydrogen-bond acceptors (Lipinski definition) is 5. The van der Waals surface area contributed by atoms with Crippen LogP contribution in [0.2, 0.25) is 0 Å². The molecule has 2 saturated heterocycles. The molecule has 8 heteroatoms. The summed E-state index contributed by atoms with van der Waals surface area (Å²) in [5.74, 6) is 2.55. The smallest absolute Gasteiger partial charge is 0.191 e. The molecule has 0 aliphatic carbocycles. The van der Waals surface area contributed by atoms with Crippen molar-refractivity contribution in [1.82, 2.24) is 30.3 Å². The van der Waals surface area contributed by atoms with Crippen molar-refractivity contribution in [2.75, 3.05) is 32.8 Å². The first-order valence-electron chi connectivity index (χ1n) is 11.5. The summed E-state index contributed by atoms with van der Waals surface area (Å²) >= 11 is 0. The molecule has 2 aliphatic rings. The van der Waals surface area contributed by atoms with Crippen LogP contribution in [0.4, 0.5) is 0 Å². The molecule has 0 amide bonds. The molecule has 31 heavy (non-hydrogen) atoms. The van der Waals surface area contributed by atoms with Crippen molar-refractivity contribution in [2.45, 2.75) is 51.3 Å². The summed E-state index contributed by atoms with van der Waals surface area (Å²) in [6.45, 7) is 7.16. The molecule has 2 fully saturated rings. The van der Waals surface area contributed by atoms with E-state index in [1.165, 1.54) is 18.4 Å². The fourth-order valence-electron chi connectivity index (χ4n) is 4.31. The van der Waals surface area contributed by atoms with E-state index in [4.69, 9.17) is 9.73 Å². The predicted molar refractivity (Wildman–Crippen MR) is 122 cm³/mol. The molecule has 4 rings (SSSR count). The van der Waals surface area contributed by atoms with Crippen LogP contribution < -0.4 is 10.6 Å². The Hall–Kier alpha value is -2.45. The lowest BCUT2D eigenvalue weighted by Gasteiger charge is -2.29. The highest BCUT2D eigenvalue weighted by atomic mass is 16.5. The van der Waals surface area contributed by atoms with Crippen LogP contribution in [0.25, 0.3) is 0 Å². The number of hydrogen-bond donors (Lipinski definition) is 2. The molecule has 8 nitrogen and oxygen atoms in total. The van der Waals surface area contributed by atoms with Crippen LogP contribution in [0.3, 0.4) is 0 Å². The van der Waals surface area contributed by atoms with E-state index < -0.39 is 0 Å². The highest BCUT2D eigenvalue weighted by molar-refractivity contribution is 5.79. The van der Waals surface area contributed by atoms with E-state index in [1.54, 1.807) is 0 Å². The minimum Gasteiger partial charge on any atom is -0.376 e. The summed E-state index contributed by atoms with van der Waals surface area (Å²) in [4.78, 5) is 7.39. The Morgan fingerprint density at radius 3 is 2.65 bits per heavy atom. The fraction of sp³-hybridized carbons (Fsp3) is 0.609. The molecular weight excluding hydrogens is 390 g/mol. The SMILES string of the molecule is Cc1nnc(CN=C(NCC2CCCO2)NCC(c2ccccc2)N2CCCC2)n1C. The molecule has 2 atom stereocenters. The summed E-state index contributed by atoms with van der Waals surface area (Å²) in [6.07, 6.45) is 5.03. The summed E-state index contributed by atoms with van der Waals surface area (Å²) in [6, 6.07) is 11.1. The number of nitrogens with zero attached hydrogens (tertiary/aromatic N) is 5. The maximum atomic E-state index is 5.78. The summed E-state index contributed by atoms with van der Waals surface area (Å²) in [7, 11) is 1.98. The fourth-order valence-corrected chi connectivity index (χ4v) is 4.31. The number of aliphatic imine (C=N–C) groups is 1. The second-order valence-electron chi connectivity index (χ2n) is 8.45. The first-order chi connectivity index (χ1) is 15.2. The van der Waals surface area contributed by atoms with Gasteiger partial charge < -0.3 is 19.9 Å². The Kier molecular flexibility index (Phi) is 7.53. The lowest BCUT2D eigenvalue weighted by Crippen LogP contribution is -2.44. The average molecular weight is 426 g/mol. The average Bonchev–Trinajstić information content (AvgIpc) is 3.56. The first kappa shape index (κ1) is 21.8. The van der Waals surface area contributed by atoms with Gasteiger partial charge in [0.1, 0.15) is 12.4 Å². The van der Waals surface area contributed by atoms with Crippen molar-refractivity contribution < 1.29 is 4.74 Å². The predicted octanol–water partition coefficient (Wildman–Crippen LogP) is 2.17. The Bertz CT molecular complexity index is 839. The number of nitrogens with one attached hydrogen (secondary N) is 2. The molecule has 2 aliphatic heterocycles. The number of guanidine groups is 1. The maximum absolute atomic E-state index is 5.78. The Morgan fingerprint density at radius 1 is 1.16 bits per heavy atom. The van der Waals surface area contributed by atoms with Gasteiger partial charge in [0.15, 0.2) is 11.8 Å². The van der Waals surface area contributed by atoms with Gasteiger partial charge in [-0.25, -0.2) is 4.99 Å². The molecular formula is C23H35N7O. The zero-order valence-corrected chi connectivity index (χ0v) is 18.8. The van der Waals surface area contributed by atoms with Crippen LogP contribution in [-0.2, 0) is 18.3 Å².